The monoisotopic (exact) mass is 267 g/mol. The molecule has 2 aromatic heterocycles. The van der Waals surface area contributed by atoms with Crippen LogP contribution in [0.3, 0.4) is 0 Å². The highest BCUT2D eigenvalue weighted by molar-refractivity contribution is 5.54. The largest absolute Gasteiger partial charge is 0.362 e. The van der Waals surface area contributed by atoms with E-state index in [9.17, 15) is 5.26 Å². The van der Waals surface area contributed by atoms with Crippen molar-refractivity contribution in [3.8, 4) is 6.07 Å². The molecule has 0 atom stereocenters. The van der Waals surface area contributed by atoms with Gasteiger partial charge in [-0.2, -0.15) is 5.26 Å². The Morgan fingerprint density at radius 3 is 3.00 bits per heavy atom. The molecule has 3 rings (SSSR count). The summed E-state index contributed by atoms with van der Waals surface area (Å²) in [5.74, 6) is 1.60. The zero-order chi connectivity index (χ0) is 13.9. The van der Waals surface area contributed by atoms with Crippen LogP contribution in [-0.4, -0.2) is 14.5 Å². The van der Waals surface area contributed by atoms with Crippen molar-refractivity contribution in [2.24, 2.45) is 7.05 Å². The third kappa shape index (κ3) is 2.37. The summed E-state index contributed by atoms with van der Waals surface area (Å²) in [6, 6.07) is 4.23. The zero-order valence-corrected chi connectivity index (χ0v) is 11.6. The molecule has 0 amide bonds. The number of nitrogens with one attached hydrogen (secondary N) is 1. The lowest BCUT2D eigenvalue weighted by atomic mass is 9.95. The predicted molar refractivity (Wildman–Crippen MR) is 76.1 cm³/mol. The van der Waals surface area contributed by atoms with E-state index < -0.39 is 0 Å². The highest BCUT2D eigenvalue weighted by Crippen LogP contribution is 2.24. The molecule has 0 aromatic carbocycles. The normalized spacial score (nSPS) is 13.6. The van der Waals surface area contributed by atoms with Gasteiger partial charge in [-0.15, -0.1) is 0 Å². The van der Waals surface area contributed by atoms with E-state index in [1.54, 1.807) is 6.20 Å². The van der Waals surface area contributed by atoms with Crippen molar-refractivity contribution in [2.45, 2.75) is 32.2 Å². The number of imidazole rings is 1. The number of pyridine rings is 1. The molecule has 0 bridgehead atoms. The third-order valence-electron chi connectivity index (χ3n) is 3.76. The fourth-order valence-corrected chi connectivity index (χ4v) is 2.58. The van der Waals surface area contributed by atoms with Crippen LogP contribution >= 0.6 is 0 Å². The summed E-state index contributed by atoms with van der Waals surface area (Å²) in [4.78, 5) is 8.91. The van der Waals surface area contributed by atoms with Crippen LogP contribution in [0.5, 0.6) is 0 Å². The van der Waals surface area contributed by atoms with Gasteiger partial charge in [-0.3, -0.25) is 0 Å². The molecule has 0 aliphatic heterocycles. The summed E-state index contributed by atoms with van der Waals surface area (Å²) in [6.45, 7) is 0.573. The van der Waals surface area contributed by atoms with Crippen molar-refractivity contribution in [2.75, 3.05) is 5.32 Å². The fourth-order valence-electron chi connectivity index (χ4n) is 2.58. The molecule has 0 unspecified atom stereocenters. The molecule has 2 aromatic rings. The van der Waals surface area contributed by atoms with E-state index in [1.807, 2.05) is 23.9 Å². The van der Waals surface area contributed by atoms with Crippen LogP contribution in [0.4, 0.5) is 5.82 Å². The van der Waals surface area contributed by atoms with Crippen LogP contribution in [-0.2, 0) is 26.4 Å². The number of anilines is 1. The van der Waals surface area contributed by atoms with Crippen molar-refractivity contribution in [3.63, 3.8) is 0 Å². The molecule has 0 fully saturated rings. The van der Waals surface area contributed by atoms with Crippen LogP contribution in [0.1, 0.15) is 35.5 Å². The van der Waals surface area contributed by atoms with Crippen molar-refractivity contribution in [1.29, 1.82) is 5.26 Å². The second-order valence-corrected chi connectivity index (χ2v) is 5.12. The lowest BCUT2D eigenvalue weighted by Crippen LogP contribution is -2.12. The smallest absolute Gasteiger partial charge is 0.144 e. The first kappa shape index (κ1) is 12.7. The first-order valence-electron chi connectivity index (χ1n) is 6.91. The molecular formula is C15H17N5. The lowest BCUT2D eigenvalue weighted by Gasteiger charge is -2.17. The van der Waals surface area contributed by atoms with Crippen LogP contribution in [0, 0.1) is 11.3 Å². The number of fused-ring (bicyclic) bond motifs is 1. The second-order valence-electron chi connectivity index (χ2n) is 5.12. The highest BCUT2D eigenvalue weighted by atomic mass is 15.1. The molecule has 20 heavy (non-hydrogen) atoms. The van der Waals surface area contributed by atoms with Crippen molar-refractivity contribution in [3.05, 3.63) is 41.1 Å². The average molecular weight is 267 g/mol. The Kier molecular flexibility index (Phi) is 3.38. The van der Waals surface area contributed by atoms with E-state index >= 15 is 0 Å². The van der Waals surface area contributed by atoms with E-state index in [0.717, 1.165) is 24.4 Å². The maximum atomic E-state index is 9.28. The summed E-state index contributed by atoms with van der Waals surface area (Å²) in [5, 5.41) is 12.5. The predicted octanol–water partition coefficient (Wildman–Crippen LogP) is 2.18. The molecule has 0 radical (unpaired) electrons. The molecular weight excluding hydrogens is 250 g/mol. The van der Waals surface area contributed by atoms with Gasteiger partial charge in [0.2, 0.25) is 0 Å². The Morgan fingerprint density at radius 2 is 2.25 bits per heavy atom. The van der Waals surface area contributed by atoms with E-state index in [1.165, 1.54) is 18.4 Å². The summed E-state index contributed by atoms with van der Waals surface area (Å²) in [6.07, 6.45) is 8.10. The first-order chi connectivity index (χ1) is 9.78. The van der Waals surface area contributed by atoms with Crippen molar-refractivity contribution >= 4 is 5.82 Å². The molecule has 5 heteroatoms. The number of aromatic nitrogens is 3. The van der Waals surface area contributed by atoms with Gasteiger partial charge in [0.05, 0.1) is 12.1 Å². The standard InChI is InChI=1S/C15H17N5/c1-20-7-6-17-14(20)10-18-15-12(9-16)8-11-4-2-3-5-13(11)19-15/h6-8H,2-5,10H2,1H3,(H,18,19). The Bertz CT molecular complexity index is 665. The average Bonchev–Trinajstić information content (AvgIpc) is 2.89. The van der Waals surface area contributed by atoms with Gasteiger partial charge in [0.15, 0.2) is 0 Å². The third-order valence-corrected chi connectivity index (χ3v) is 3.76. The molecule has 102 valence electrons. The summed E-state index contributed by atoms with van der Waals surface area (Å²) in [5.41, 5.74) is 2.99. The summed E-state index contributed by atoms with van der Waals surface area (Å²) >= 11 is 0. The number of nitrogens with zero attached hydrogens (tertiary/aromatic N) is 4. The molecule has 0 saturated heterocycles. The van der Waals surface area contributed by atoms with Crippen LogP contribution in [0.15, 0.2) is 18.5 Å². The molecule has 5 nitrogen and oxygen atoms in total. The quantitative estimate of drug-likeness (QED) is 0.925. The minimum absolute atomic E-state index is 0.573. The maximum Gasteiger partial charge on any atom is 0.144 e. The van der Waals surface area contributed by atoms with Gasteiger partial charge >= 0.3 is 0 Å². The van der Waals surface area contributed by atoms with Gasteiger partial charge in [-0.1, -0.05) is 0 Å². The zero-order valence-electron chi connectivity index (χ0n) is 11.6. The SMILES string of the molecule is Cn1ccnc1CNc1nc2c(cc1C#N)CCCC2. The Morgan fingerprint density at radius 1 is 1.40 bits per heavy atom. The summed E-state index contributed by atoms with van der Waals surface area (Å²) < 4.78 is 1.96. The molecule has 0 saturated carbocycles. The summed E-state index contributed by atoms with van der Waals surface area (Å²) in [7, 11) is 1.95. The minimum Gasteiger partial charge on any atom is -0.362 e. The first-order valence-corrected chi connectivity index (χ1v) is 6.91. The van der Waals surface area contributed by atoms with Gasteiger partial charge in [0, 0.05) is 25.1 Å². The Labute approximate surface area is 118 Å². The maximum absolute atomic E-state index is 9.28. The lowest BCUT2D eigenvalue weighted by molar-refractivity contribution is 0.667. The van der Waals surface area contributed by atoms with E-state index in [0.29, 0.717) is 17.9 Å². The molecule has 1 N–H and O–H groups in total. The Balaban J connectivity index is 1.85. The van der Waals surface area contributed by atoms with Gasteiger partial charge in [-0.25, -0.2) is 9.97 Å². The van der Waals surface area contributed by atoms with Crippen molar-refractivity contribution < 1.29 is 0 Å². The van der Waals surface area contributed by atoms with Crippen LogP contribution in [0.2, 0.25) is 0 Å². The van der Waals surface area contributed by atoms with Gasteiger partial charge in [-0.05, 0) is 37.3 Å². The van der Waals surface area contributed by atoms with E-state index in [2.05, 4.69) is 21.4 Å². The van der Waals surface area contributed by atoms with E-state index in [-0.39, 0.29) is 0 Å². The van der Waals surface area contributed by atoms with Crippen molar-refractivity contribution in [1.82, 2.24) is 14.5 Å². The molecule has 1 aliphatic carbocycles. The number of aryl methyl sites for hydroxylation is 3. The minimum atomic E-state index is 0.573. The highest BCUT2D eigenvalue weighted by Gasteiger charge is 2.15. The molecule has 1 aliphatic rings. The second kappa shape index (κ2) is 5.33. The van der Waals surface area contributed by atoms with Gasteiger partial charge in [0.25, 0.3) is 0 Å². The molecule has 2 heterocycles. The molecule has 0 spiro atoms. The van der Waals surface area contributed by atoms with Gasteiger partial charge < -0.3 is 9.88 Å². The topological polar surface area (TPSA) is 66.5 Å². The number of rotatable bonds is 3. The van der Waals surface area contributed by atoms with E-state index in [4.69, 9.17) is 0 Å². The fraction of sp³-hybridized carbons (Fsp3) is 0.400. The van der Waals surface area contributed by atoms with Crippen LogP contribution in [0.25, 0.3) is 0 Å². The number of nitriles is 1. The number of hydrogen-bond donors (Lipinski definition) is 1. The van der Waals surface area contributed by atoms with Crippen LogP contribution < -0.4 is 5.32 Å². The Hall–Kier alpha value is -2.35. The number of hydrogen-bond acceptors (Lipinski definition) is 4. The van der Waals surface area contributed by atoms with Gasteiger partial charge in [0.1, 0.15) is 17.7 Å².